The predicted molar refractivity (Wildman–Crippen MR) is 125 cm³/mol. The molecule has 1 aliphatic carbocycles. The zero-order chi connectivity index (χ0) is 21.4. The summed E-state index contributed by atoms with van der Waals surface area (Å²) in [6.45, 7) is 7.69. The van der Waals surface area contributed by atoms with Crippen molar-refractivity contribution >= 4 is 17.6 Å². The third-order valence-electron chi connectivity index (χ3n) is 7.22. The van der Waals surface area contributed by atoms with Crippen LogP contribution in [0, 0.1) is 0 Å². The van der Waals surface area contributed by atoms with Crippen molar-refractivity contribution in [2.45, 2.75) is 18.9 Å². The van der Waals surface area contributed by atoms with Crippen LogP contribution >= 0.6 is 11.6 Å². The van der Waals surface area contributed by atoms with E-state index >= 15 is 0 Å². The number of halogens is 1. The second-order valence-electron chi connectivity index (χ2n) is 9.08. The van der Waals surface area contributed by atoms with Gasteiger partial charge < -0.3 is 9.80 Å². The van der Waals surface area contributed by atoms with Gasteiger partial charge in [0.1, 0.15) is 0 Å². The molecule has 31 heavy (non-hydrogen) atoms. The maximum absolute atomic E-state index is 12.1. The summed E-state index contributed by atoms with van der Waals surface area (Å²) >= 11 is 6.43. The summed E-state index contributed by atoms with van der Waals surface area (Å²) in [5, 5.41) is 0.827. The molecule has 2 fully saturated rings. The first-order valence-corrected chi connectivity index (χ1v) is 11.8. The Labute approximate surface area is 190 Å². The van der Waals surface area contributed by atoms with Crippen molar-refractivity contribution in [1.29, 1.82) is 0 Å². The second-order valence-corrected chi connectivity index (χ2v) is 9.51. The lowest BCUT2D eigenvalue weighted by molar-refractivity contribution is 0.0907. The molecule has 0 radical (unpaired) electrons. The van der Waals surface area contributed by atoms with Gasteiger partial charge in [0.2, 0.25) is 0 Å². The van der Waals surface area contributed by atoms with Gasteiger partial charge in [-0.1, -0.05) is 41.9 Å². The van der Waals surface area contributed by atoms with Crippen molar-refractivity contribution in [3.63, 3.8) is 0 Å². The number of carbonyl (C=O) groups is 1. The molecule has 0 N–H and O–H groups in total. The van der Waals surface area contributed by atoms with E-state index in [2.05, 4.69) is 46.2 Å². The molecule has 0 spiro atoms. The van der Waals surface area contributed by atoms with E-state index in [0.717, 1.165) is 70.2 Å². The third-order valence-corrected chi connectivity index (χ3v) is 7.45. The molecule has 1 unspecified atom stereocenters. The molecule has 3 aliphatic rings. The van der Waals surface area contributed by atoms with E-state index in [1.807, 2.05) is 22.9 Å². The first kappa shape index (κ1) is 20.8. The first-order valence-electron chi connectivity index (χ1n) is 11.4. The molecule has 0 saturated carbocycles. The van der Waals surface area contributed by atoms with Crippen molar-refractivity contribution in [3.05, 3.63) is 69.7 Å². The standard InChI is InChI=1S/C25H31ClN4O/c1-27-8-12-30(25(27)31)15-11-28-9-13-29(14-10-28)24-17-20-5-3-2-4-19(20)16-21-6-7-22(26)18-23(21)24/h2-7,18,24H,8-17H2,1H3. The normalized spacial score (nSPS) is 22.4. The summed E-state index contributed by atoms with van der Waals surface area (Å²) < 4.78 is 0. The van der Waals surface area contributed by atoms with Crippen molar-refractivity contribution in [1.82, 2.24) is 19.6 Å². The Morgan fingerprint density at radius 3 is 2.42 bits per heavy atom. The number of hydrogen-bond acceptors (Lipinski definition) is 3. The highest BCUT2D eigenvalue weighted by Crippen LogP contribution is 2.36. The average Bonchev–Trinajstić information content (AvgIpc) is 3.01. The molecule has 0 aromatic heterocycles. The molecule has 2 saturated heterocycles. The summed E-state index contributed by atoms with van der Waals surface area (Å²) in [7, 11) is 1.89. The summed E-state index contributed by atoms with van der Waals surface area (Å²) in [6.07, 6.45) is 2.02. The van der Waals surface area contributed by atoms with Crippen LogP contribution in [0.25, 0.3) is 0 Å². The van der Waals surface area contributed by atoms with Gasteiger partial charge in [-0.05, 0) is 47.2 Å². The van der Waals surface area contributed by atoms with Crippen LogP contribution in [0.5, 0.6) is 0 Å². The zero-order valence-corrected chi connectivity index (χ0v) is 19.0. The highest BCUT2D eigenvalue weighted by molar-refractivity contribution is 6.30. The fraction of sp³-hybridized carbons (Fsp3) is 0.480. The Morgan fingerprint density at radius 1 is 0.903 bits per heavy atom. The molecular formula is C25H31ClN4O. The van der Waals surface area contributed by atoms with E-state index in [1.165, 1.54) is 22.3 Å². The highest BCUT2D eigenvalue weighted by Gasteiger charge is 2.30. The van der Waals surface area contributed by atoms with Gasteiger partial charge in [0.05, 0.1) is 0 Å². The largest absolute Gasteiger partial charge is 0.326 e. The second kappa shape index (κ2) is 8.81. The van der Waals surface area contributed by atoms with Crippen molar-refractivity contribution in [2.24, 2.45) is 0 Å². The van der Waals surface area contributed by atoms with Crippen molar-refractivity contribution < 1.29 is 4.79 Å². The van der Waals surface area contributed by atoms with Crippen LogP contribution in [0.2, 0.25) is 5.02 Å². The van der Waals surface area contributed by atoms with E-state index < -0.39 is 0 Å². The molecule has 164 valence electrons. The van der Waals surface area contributed by atoms with Gasteiger partial charge in [-0.15, -0.1) is 0 Å². The lowest BCUT2D eigenvalue weighted by Gasteiger charge is -2.40. The Bertz CT molecular complexity index is 956. The number of urea groups is 1. The fourth-order valence-electron chi connectivity index (χ4n) is 5.29. The van der Waals surface area contributed by atoms with E-state index in [4.69, 9.17) is 11.6 Å². The average molecular weight is 439 g/mol. The van der Waals surface area contributed by atoms with Gasteiger partial charge in [-0.25, -0.2) is 4.79 Å². The van der Waals surface area contributed by atoms with Gasteiger partial charge in [0.15, 0.2) is 0 Å². The van der Waals surface area contributed by atoms with Crippen LogP contribution in [-0.2, 0) is 12.8 Å². The molecule has 2 heterocycles. The maximum atomic E-state index is 12.1. The monoisotopic (exact) mass is 438 g/mol. The minimum atomic E-state index is 0.171. The Kier molecular flexibility index (Phi) is 5.91. The minimum Gasteiger partial charge on any atom is -0.326 e. The van der Waals surface area contributed by atoms with E-state index in [0.29, 0.717) is 6.04 Å². The number of likely N-dealkylation sites (N-methyl/N-ethyl adjacent to an activating group) is 1. The molecule has 5 nitrogen and oxygen atoms in total. The number of hydrogen-bond donors (Lipinski definition) is 0. The number of benzene rings is 2. The quantitative estimate of drug-likeness (QED) is 0.731. The van der Waals surface area contributed by atoms with Crippen LogP contribution in [0.4, 0.5) is 4.79 Å². The third kappa shape index (κ3) is 4.32. The summed E-state index contributed by atoms with van der Waals surface area (Å²) in [5.41, 5.74) is 5.69. The van der Waals surface area contributed by atoms with E-state index in [-0.39, 0.29) is 6.03 Å². The van der Waals surface area contributed by atoms with Crippen molar-refractivity contribution in [3.8, 4) is 0 Å². The number of rotatable bonds is 4. The number of nitrogens with zero attached hydrogens (tertiary/aromatic N) is 4. The lowest BCUT2D eigenvalue weighted by atomic mass is 9.96. The topological polar surface area (TPSA) is 30.0 Å². The lowest BCUT2D eigenvalue weighted by Crippen LogP contribution is -2.50. The van der Waals surface area contributed by atoms with Gasteiger partial charge in [-0.2, -0.15) is 0 Å². The number of fused-ring (bicyclic) bond motifs is 2. The van der Waals surface area contributed by atoms with Gasteiger partial charge in [0, 0.05) is 70.5 Å². The van der Waals surface area contributed by atoms with Gasteiger partial charge >= 0.3 is 6.03 Å². The summed E-state index contributed by atoms with van der Waals surface area (Å²) in [5.74, 6) is 0. The zero-order valence-electron chi connectivity index (χ0n) is 18.3. The molecule has 5 rings (SSSR count). The van der Waals surface area contributed by atoms with E-state index in [1.54, 1.807) is 0 Å². The molecule has 2 aromatic carbocycles. The molecule has 6 heteroatoms. The minimum absolute atomic E-state index is 0.171. The Hall–Kier alpha value is -2.08. The molecule has 2 amide bonds. The molecule has 2 aliphatic heterocycles. The predicted octanol–water partition coefficient (Wildman–Crippen LogP) is 3.51. The van der Waals surface area contributed by atoms with Crippen LogP contribution in [0.1, 0.15) is 28.3 Å². The fourth-order valence-corrected chi connectivity index (χ4v) is 5.47. The first-order chi connectivity index (χ1) is 15.1. The highest BCUT2D eigenvalue weighted by atomic mass is 35.5. The molecule has 1 atom stereocenters. The summed E-state index contributed by atoms with van der Waals surface area (Å²) in [6, 6.07) is 15.8. The Balaban J connectivity index is 1.27. The molecule has 0 bridgehead atoms. The number of amides is 2. The molecular weight excluding hydrogens is 408 g/mol. The van der Waals surface area contributed by atoms with Crippen molar-refractivity contribution in [2.75, 3.05) is 59.4 Å². The Morgan fingerprint density at radius 2 is 1.68 bits per heavy atom. The van der Waals surface area contributed by atoms with Gasteiger partial charge in [0.25, 0.3) is 0 Å². The molecule has 2 aromatic rings. The smallest absolute Gasteiger partial charge is 0.319 e. The summed E-state index contributed by atoms with van der Waals surface area (Å²) in [4.78, 5) is 21.1. The number of carbonyl (C=O) groups excluding carboxylic acids is 1. The van der Waals surface area contributed by atoms with Gasteiger partial charge in [-0.3, -0.25) is 9.80 Å². The maximum Gasteiger partial charge on any atom is 0.319 e. The SMILES string of the molecule is CN1CCN(CCN2CCN(C3Cc4ccccc4Cc4ccc(Cl)cc43)CC2)C1=O. The number of piperazine rings is 1. The van der Waals surface area contributed by atoms with Crippen LogP contribution in [0.3, 0.4) is 0 Å². The van der Waals surface area contributed by atoms with Crippen LogP contribution in [-0.4, -0.2) is 85.0 Å². The van der Waals surface area contributed by atoms with Crippen LogP contribution < -0.4 is 0 Å². The van der Waals surface area contributed by atoms with Crippen LogP contribution in [0.15, 0.2) is 42.5 Å². The van der Waals surface area contributed by atoms with E-state index in [9.17, 15) is 4.79 Å².